The van der Waals surface area contributed by atoms with E-state index in [4.69, 9.17) is 13.9 Å². The number of carbonyl (C=O) groups is 1. The van der Waals surface area contributed by atoms with Crippen molar-refractivity contribution < 1.29 is 23.8 Å². The Hall–Kier alpha value is -1.25. The first-order valence-electron chi connectivity index (χ1n) is 9.53. The maximum Gasteiger partial charge on any atom is 0.412 e. The number of anilines is 1. The van der Waals surface area contributed by atoms with Gasteiger partial charge in [0.2, 0.25) is 6.79 Å². The topological polar surface area (TPSA) is 68.2 Å². The molecule has 28 heavy (non-hydrogen) atoms. The molecule has 0 aromatic heterocycles. The molecule has 1 aromatic rings. The second-order valence-electron chi connectivity index (χ2n) is 9.72. The lowest BCUT2D eigenvalue weighted by molar-refractivity contribution is 0.0764. The zero-order valence-electron chi connectivity index (χ0n) is 17.8. The lowest BCUT2D eigenvalue weighted by Crippen LogP contribution is -2.63. The zero-order chi connectivity index (χ0) is 21.2. The predicted octanol–water partition coefficient (Wildman–Crippen LogP) is 5.95. The van der Waals surface area contributed by atoms with Gasteiger partial charge >= 0.3 is 6.09 Å². The summed E-state index contributed by atoms with van der Waals surface area (Å²) in [5.41, 5.74) is 0.679. The summed E-state index contributed by atoms with van der Waals surface area (Å²) in [6, 6.07) is 1.95. The molecule has 0 spiro atoms. The molecule has 0 radical (unpaired) electrons. The zero-order valence-corrected chi connectivity index (χ0v) is 20.4. The minimum Gasteiger partial charge on any atom is -0.465 e. The van der Waals surface area contributed by atoms with E-state index in [1.165, 1.54) is 4.90 Å². The number of nitrogens with zero attached hydrogens (tertiary/aromatic N) is 1. The lowest BCUT2D eigenvalue weighted by atomic mass is 9.77. The summed E-state index contributed by atoms with van der Waals surface area (Å²) in [6.45, 7) is 17.0. The van der Waals surface area contributed by atoms with Crippen molar-refractivity contribution in [3.8, 4) is 11.5 Å². The fourth-order valence-corrected chi connectivity index (χ4v) is 5.91. The molecule has 2 aliphatic heterocycles. The van der Waals surface area contributed by atoms with Crippen molar-refractivity contribution >= 4 is 36.0 Å². The number of hydrogen-bond donors (Lipinski definition) is 1. The predicted molar refractivity (Wildman–Crippen MR) is 115 cm³/mol. The molecule has 3 rings (SSSR count). The van der Waals surface area contributed by atoms with Crippen LogP contribution in [0.15, 0.2) is 10.5 Å². The van der Waals surface area contributed by atoms with Gasteiger partial charge in [0.05, 0.1) is 21.8 Å². The van der Waals surface area contributed by atoms with Gasteiger partial charge in [-0.3, -0.25) is 4.90 Å². The van der Waals surface area contributed by atoms with Crippen LogP contribution in [0.2, 0.25) is 18.1 Å². The molecule has 8 heteroatoms. The van der Waals surface area contributed by atoms with Crippen LogP contribution >= 0.6 is 15.9 Å². The smallest absolute Gasteiger partial charge is 0.412 e. The van der Waals surface area contributed by atoms with Gasteiger partial charge < -0.3 is 19.0 Å². The summed E-state index contributed by atoms with van der Waals surface area (Å²) in [5.74, 6) is 1.02. The highest BCUT2D eigenvalue weighted by Gasteiger charge is 2.54. The summed E-state index contributed by atoms with van der Waals surface area (Å²) in [5, 5.41) is 10.2. The SMILES string of the molecule is CC1c2cc(Br)c3c(c2N(C(=O)O)C(C)(C)C1O[Si](C)(C)C(C)(C)C)OCO3. The summed E-state index contributed by atoms with van der Waals surface area (Å²) < 4.78 is 18.8. The maximum atomic E-state index is 12.4. The molecule has 2 atom stereocenters. The summed E-state index contributed by atoms with van der Waals surface area (Å²) in [7, 11) is -2.13. The van der Waals surface area contributed by atoms with Gasteiger partial charge in [0.15, 0.2) is 19.8 Å². The number of ether oxygens (including phenoxy) is 2. The Morgan fingerprint density at radius 2 is 1.89 bits per heavy atom. The maximum absolute atomic E-state index is 12.4. The first-order chi connectivity index (χ1) is 12.7. The van der Waals surface area contributed by atoms with E-state index in [0.29, 0.717) is 17.2 Å². The number of fused-ring (bicyclic) bond motifs is 3. The van der Waals surface area contributed by atoms with Crippen molar-refractivity contribution in [2.75, 3.05) is 11.7 Å². The minimum absolute atomic E-state index is 0.0134. The Labute approximate surface area is 176 Å². The van der Waals surface area contributed by atoms with Gasteiger partial charge in [-0.15, -0.1) is 0 Å². The third-order valence-electron chi connectivity index (χ3n) is 6.46. The number of carboxylic acid groups (broad SMARTS) is 1. The highest BCUT2D eigenvalue weighted by atomic mass is 79.9. The van der Waals surface area contributed by atoms with E-state index in [-0.39, 0.29) is 23.9 Å². The van der Waals surface area contributed by atoms with Gasteiger partial charge in [0.25, 0.3) is 0 Å². The van der Waals surface area contributed by atoms with Crippen LogP contribution in [0.1, 0.15) is 53.0 Å². The molecule has 2 unspecified atom stereocenters. The molecule has 2 heterocycles. The van der Waals surface area contributed by atoms with Gasteiger partial charge in [0, 0.05) is 5.92 Å². The lowest BCUT2D eigenvalue weighted by Gasteiger charge is -2.53. The number of amides is 1. The molecular formula is C20H30BrNO5Si. The van der Waals surface area contributed by atoms with E-state index in [1.54, 1.807) is 0 Å². The Balaban J connectivity index is 2.20. The van der Waals surface area contributed by atoms with E-state index in [0.717, 1.165) is 10.0 Å². The van der Waals surface area contributed by atoms with Crippen LogP contribution in [-0.2, 0) is 4.43 Å². The fourth-order valence-electron chi connectivity index (χ4n) is 3.88. The molecule has 2 aliphatic rings. The Bertz CT molecular complexity index is 818. The minimum atomic E-state index is -2.13. The van der Waals surface area contributed by atoms with E-state index in [1.807, 2.05) is 19.9 Å². The van der Waals surface area contributed by atoms with Crippen molar-refractivity contribution in [2.45, 2.75) is 77.2 Å². The molecule has 1 N–H and O–H groups in total. The number of hydrogen-bond acceptors (Lipinski definition) is 4. The van der Waals surface area contributed by atoms with Crippen LogP contribution in [0.5, 0.6) is 11.5 Å². The van der Waals surface area contributed by atoms with Gasteiger partial charge in [-0.05, 0) is 59.5 Å². The largest absolute Gasteiger partial charge is 0.465 e. The quantitative estimate of drug-likeness (QED) is 0.539. The Kier molecular flexibility index (Phi) is 5.08. The third-order valence-corrected chi connectivity index (χ3v) is 11.5. The molecule has 0 aliphatic carbocycles. The van der Waals surface area contributed by atoms with E-state index < -0.39 is 19.9 Å². The van der Waals surface area contributed by atoms with Crippen LogP contribution < -0.4 is 14.4 Å². The van der Waals surface area contributed by atoms with E-state index >= 15 is 0 Å². The van der Waals surface area contributed by atoms with Crippen molar-refractivity contribution in [1.82, 2.24) is 0 Å². The molecule has 1 amide bonds. The number of halogens is 1. The van der Waals surface area contributed by atoms with Crippen molar-refractivity contribution in [2.24, 2.45) is 0 Å². The molecule has 6 nitrogen and oxygen atoms in total. The monoisotopic (exact) mass is 471 g/mol. The van der Waals surface area contributed by atoms with Gasteiger partial charge in [-0.2, -0.15) is 0 Å². The average molecular weight is 472 g/mol. The van der Waals surface area contributed by atoms with Crippen LogP contribution in [0, 0.1) is 0 Å². The average Bonchev–Trinajstić information content (AvgIpc) is 3.01. The molecule has 0 bridgehead atoms. The summed E-state index contributed by atoms with van der Waals surface area (Å²) in [4.78, 5) is 13.8. The van der Waals surface area contributed by atoms with Gasteiger partial charge in [-0.1, -0.05) is 27.7 Å². The van der Waals surface area contributed by atoms with Crippen LogP contribution in [0.3, 0.4) is 0 Å². The van der Waals surface area contributed by atoms with Crippen LogP contribution in [0.25, 0.3) is 0 Å². The molecule has 0 fully saturated rings. The van der Waals surface area contributed by atoms with Crippen molar-refractivity contribution in [3.63, 3.8) is 0 Å². The van der Waals surface area contributed by atoms with E-state index in [2.05, 4.69) is 56.7 Å². The Morgan fingerprint density at radius 1 is 1.32 bits per heavy atom. The Morgan fingerprint density at radius 3 is 2.43 bits per heavy atom. The first-order valence-corrected chi connectivity index (χ1v) is 13.2. The van der Waals surface area contributed by atoms with E-state index in [9.17, 15) is 9.90 Å². The first kappa shape index (κ1) is 21.5. The standard InChI is InChI=1S/C20H30BrNO5Si/c1-11-12-9-13(21)15-16(26-10-25-15)14(12)22(18(23)24)20(5,6)17(11)27-28(7,8)19(2,3)4/h9,11,17H,10H2,1-8H3,(H,23,24). The van der Waals surface area contributed by atoms with Crippen LogP contribution in [0.4, 0.5) is 10.5 Å². The van der Waals surface area contributed by atoms with Crippen molar-refractivity contribution in [3.05, 3.63) is 16.1 Å². The molecular weight excluding hydrogens is 442 g/mol. The molecule has 156 valence electrons. The van der Waals surface area contributed by atoms with Crippen LogP contribution in [-0.4, -0.2) is 38.0 Å². The second kappa shape index (κ2) is 6.64. The summed E-state index contributed by atoms with van der Waals surface area (Å²) in [6.07, 6.45) is -1.31. The van der Waals surface area contributed by atoms with Gasteiger partial charge in [0.1, 0.15) is 0 Å². The second-order valence-corrected chi connectivity index (χ2v) is 15.3. The van der Waals surface area contributed by atoms with Gasteiger partial charge in [-0.25, -0.2) is 4.79 Å². The number of rotatable bonds is 2. The van der Waals surface area contributed by atoms with Crippen molar-refractivity contribution in [1.29, 1.82) is 0 Å². The molecule has 0 saturated carbocycles. The highest BCUT2D eigenvalue weighted by molar-refractivity contribution is 9.10. The highest BCUT2D eigenvalue weighted by Crippen LogP contribution is 2.56. The molecule has 0 saturated heterocycles. The third kappa shape index (κ3) is 3.13. The summed E-state index contributed by atoms with van der Waals surface area (Å²) >= 11 is 3.55. The fraction of sp³-hybridized carbons (Fsp3) is 0.650. The molecule has 1 aromatic carbocycles. The normalized spacial score (nSPS) is 23.5. The number of benzene rings is 1.